The molecule has 1 unspecified atom stereocenters. The van der Waals surface area contributed by atoms with Crippen LogP contribution in [0.25, 0.3) is 0 Å². The van der Waals surface area contributed by atoms with E-state index in [-0.39, 0.29) is 109 Å². The quantitative estimate of drug-likeness (QED) is 0.0162. The number of hydrogen-bond acceptors (Lipinski definition) is 13. The van der Waals surface area contributed by atoms with Crippen molar-refractivity contribution in [2.75, 3.05) is 35.2 Å². The summed E-state index contributed by atoms with van der Waals surface area (Å²) in [7, 11) is 0. The number of hydrogen-bond donors (Lipinski definition) is 6. The first kappa shape index (κ1) is 43.0. The molecule has 0 bridgehead atoms. The second-order valence-corrected chi connectivity index (χ2v) is 9.76. The summed E-state index contributed by atoms with van der Waals surface area (Å²) in [6, 6.07) is 3.17. The predicted molar refractivity (Wildman–Crippen MR) is 146 cm³/mol. The molecule has 0 saturated carbocycles. The van der Waals surface area contributed by atoms with Gasteiger partial charge in [-0.1, -0.05) is 35.5 Å². The number of aromatic nitrogens is 4. The second-order valence-electron chi connectivity index (χ2n) is 5.54. The van der Waals surface area contributed by atoms with Gasteiger partial charge in [0.1, 0.15) is 20.9 Å². The minimum atomic E-state index is -2.09. The Morgan fingerprint density at radius 1 is 1.00 bits per heavy atom. The zero-order valence-corrected chi connectivity index (χ0v) is 31.8. The molecule has 2 aromatic rings. The molecule has 199 valence electrons. The normalized spacial score (nSPS) is 10.0. The van der Waals surface area contributed by atoms with Gasteiger partial charge in [0.2, 0.25) is 0 Å². The minimum Gasteiger partial charge on any atom is -0.772 e. The van der Waals surface area contributed by atoms with Gasteiger partial charge >= 0.3 is 59.1 Å². The van der Waals surface area contributed by atoms with Crippen LogP contribution < -0.4 is 85.6 Å². The topological polar surface area (TPSA) is 178 Å². The summed E-state index contributed by atoms with van der Waals surface area (Å²) in [6.45, 7) is 0.736. The van der Waals surface area contributed by atoms with Gasteiger partial charge in [-0.15, -0.1) is 0 Å². The summed E-state index contributed by atoms with van der Waals surface area (Å²) in [5, 5.41) is 22.2. The Labute approximate surface area is 312 Å². The van der Waals surface area contributed by atoms with Crippen molar-refractivity contribution in [3.8, 4) is 0 Å². The standard InChI is InChI=1S/2C7H10N4O2S4.Au.2Na/c12-17(13)2-1-8-6(15)9-4-3-5(14)11-7(16)10-4;12-13-17-2-1-8-6(15)9-4-3-5(14)11-7(16)10-4;;;/h3H,1-2H2,(H,12,13)(H4,8,9,10,11,14,15,16);3,12H,1-2H2,(H4,8,9,10,11,14,15,16);;;/q;;;2*+1/p-4. The number of rotatable bonds is 9. The van der Waals surface area contributed by atoms with Crippen molar-refractivity contribution in [3.05, 3.63) is 21.4 Å². The van der Waals surface area contributed by atoms with Crippen molar-refractivity contribution in [2.24, 2.45) is 0 Å². The molecule has 0 aromatic carbocycles. The first-order valence-electron chi connectivity index (χ1n) is 8.72. The van der Waals surface area contributed by atoms with Crippen LogP contribution in [0.1, 0.15) is 0 Å². The zero-order valence-electron chi connectivity index (χ0n) is 19.1. The molecule has 2 aromatic heterocycles. The maximum Gasteiger partial charge on any atom is 1.00 e. The van der Waals surface area contributed by atoms with Crippen LogP contribution in [-0.2, 0) is 63.1 Å². The monoisotopic (exact) mass is 859 g/mol. The number of anilines is 2. The molecule has 1 atom stereocenters. The fourth-order valence-corrected chi connectivity index (χ4v) is 3.72. The van der Waals surface area contributed by atoms with Gasteiger partial charge in [-0.2, -0.15) is 0 Å². The maximum atomic E-state index is 10.3. The summed E-state index contributed by atoms with van der Waals surface area (Å²) >= 11 is 28.2. The summed E-state index contributed by atoms with van der Waals surface area (Å²) in [5.74, 6) is 1.56. The van der Waals surface area contributed by atoms with E-state index < -0.39 is 11.1 Å². The average Bonchev–Trinajstić information content (AvgIpc) is 2.70. The molecule has 12 nitrogen and oxygen atoms in total. The third-order valence-electron chi connectivity index (χ3n) is 3.01. The summed E-state index contributed by atoms with van der Waals surface area (Å²) in [4.78, 5) is 13.2. The van der Waals surface area contributed by atoms with Gasteiger partial charge in [0.25, 0.3) is 0 Å². The van der Waals surface area contributed by atoms with Crippen molar-refractivity contribution in [1.82, 2.24) is 30.6 Å². The van der Waals surface area contributed by atoms with Gasteiger partial charge in [-0.05, 0) is 46.8 Å². The van der Waals surface area contributed by atoms with Gasteiger partial charge in [-0.3, -0.25) is 4.21 Å². The van der Waals surface area contributed by atoms with E-state index >= 15 is 0 Å². The van der Waals surface area contributed by atoms with E-state index in [0.29, 0.717) is 38.3 Å². The maximum absolute atomic E-state index is 10.3. The van der Waals surface area contributed by atoms with Crippen LogP contribution in [0.15, 0.2) is 22.4 Å². The van der Waals surface area contributed by atoms with Crippen molar-refractivity contribution in [3.63, 3.8) is 0 Å². The van der Waals surface area contributed by atoms with E-state index in [1.807, 2.05) is 0 Å². The molecule has 37 heavy (non-hydrogen) atoms. The third kappa shape index (κ3) is 22.9. The largest absolute Gasteiger partial charge is 1.00 e. The molecule has 2 rings (SSSR count). The van der Waals surface area contributed by atoms with Gasteiger partial charge < -0.3 is 70.6 Å². The molecular weight excluding hydrogens is 844 g/mol. The molecule has 0 aliphatic carbocycles. The molecule has 0 amide bonds. The van der Waals surface area contributed by atoms with E-state index in [2.05, 4.69) is 45.5 Å². The van der Waals surface area contributed by atoms with Gasteiger partial charge in [0.05, 0.1) is 0 Å². The van der Waals surface area contributed by atoms with Crippen molar-refractivity contribution < 1.29 is 99.8 Å². The summed E-state index contributed by atoms with van der Waals surface area (Å²) < 4.78 is 24.9. The summed E-state index contributed by atoms with van der Waals surface area (Å²) in [6.07, 6.45) is 0. The van der Waals surface area contributed by atoms with Crippen LogP contribution in [0, 0.1) is 9.28 Å². The molecule has 0 spiro atoms. The summed E-state index contributed by atoms with van der Waals surface area (Å²) in [5.41, 5.74) is 0. The van der Waals surface area contributed by atoms with E-state index in [1.54, 1.807) is 12.1 Å². The van der Waals surface area contributed by atoms with Crippen LogP contribution in [0.2, 0.25) is 0 Å². The van der Waals surface area contributed by atoms with E-state index in [0.717, 1.165) is 12.0 Å². The van der Waals surface area contributed by atoms with Crippen LogP contribution in [-0.4, -0.2) is 63.5 Å². The van der Waals surface area contributed by atoms with Crippen LogP contribution in [0.4, 0.5) is 11.6 Å². The van der Waals surface area contributed by atoms with Gasteiger partial charge in [0.15, 0.2) is 10.2 Å². The Bertz CT molecular complexity index is 1120. The van der Waals surface area contributed by atoms with E-state index in [1.165, 1.54) is 0 Å². The molecule has 0 fully saturated rings. The molecule has 1 radical (unpaired) electrons. The fraction of sp³-hybridized carbons (Fsp3) is 0.286. The Kier molecular flexibility index (Phi) is 29.4. The van der Waals surface area contributed by atoms with Gasteiger partial charge in [-0.25, -0.2) is 9.97 Å². The molecule has 6 N–H and O–H groups in total. The van der Waals surface area contributed by atoms with Crippen molar-refractivity contribution in [1.29, 1.82) is 0 Å². The second kappa shape index (κ2) is 25.3. The Morgan fingerprint density at radius 3 is 1.81 bits per heavy atom. The molecule has 0 aliphatic heterocycles. The first-order chi connectivity index (χ1) is 16.1. The molecule has 0 aliphatic rings. The predicted octanol–water partition coefficient (Wildman–Crippen LogP) is -5.51. The number of aromatic amines is 2. The van der Waals surface area contributed by atoms with Crippen LogP contribution in [0.5, 0.6) is 0 Å². The first-order valence-corrected chi connectivity index (χ1v) is 13.3. The van der Waals surface area contributed by atoms with Gasteiger partial charge in [0, 0.05) is 59.1 Å². The number of nitrogens with zero attached hydrogens (tertiary/aromatic N) is 2. The van der Waals surface area contributed by atoms with E-state index in [9.17, 15) is 14.0 Å². The fourth-order valence-electron chi connectivity index (χ4n) is 1.83. The van der Waals surface area contributed by atoms with Crippen molar-refractivity contribution >= 4 is 119 Å². The molecule has 23 heteroatoms. The Balaban J connectivity index is -0.000000578. The smallest absolute Gasteiger partial charge is 0.772 e. The van der Waals surface area contributed by atoms with E-state index in [4.69, 9.17) is 74.1 Å². The molecule has 2 heterocycles. The Morgan fingerprint density at radius 2 is 1.43 bits per heavy atom. The SMILES string of the molecule is O=S([O-])CCNC(=S)Nc1cc(=S)nc([S-])[nH]1.[Au].[Na+].[Na+].[O-]OSCCNC(=S)Nc1cc(=S)nc([S-])[nH]1. The average molecular weight is 860 g/mol. The minimum absolute atomic E-state index is 0. The number of thiocarbonyl (C=S) groups is 2. The van der Waals surface area contributed by atoms with Crippen LogP contribution in [0.3, 0.4) is 0 Å². The number of H-pyrrole nitrogens is 2. The zero-order chi connectivity index (χ0) is 25.5. The third-order valence-corrected chi connectivity index (χ3v) is 5.31. The molecular formula is C14H16AuN8Na2O4S8-2. The van der Waals surface area contributed by atoms with Crippen molar-refractivity contribution in [2.45, 2.75) is 10.3 Å². The molecule has 0 saturated heterocycles. The number of nitrogens with one attached hydrogen (secondary N) is 6. The Hall–Kier alpha value is 1.54. The van der Waals surface area contributed by atoms with Crippen LogP contribution >= 0.6 is 60.9 Å².